The Morgan fingerprint density at radius 3 is 2.04 bits per heavy atom. The molecule has 0 aliphatic rings. The largest absolute Gasteiger partial charge is 0.379 e. The van der Waals surface area contributed by atoms with Crippen molar-refractivity contribution in [2.75, 3.05) is 0 Å². The molecule has 27 heavy (non-hydrogen) atoms. The van der Waals surface area contributed by atoms with E-state index in [1.165, 1.54) is 42.6 Å². The second kappa shape index (κ2) is 7.50. The van der Waals surface area contributed by atoms with Crippen LogP contribution in [-0.4, -0.2) is 21.8 Å². The van der Waals surface area contributed by atoms with Crippen molar-refractivity contribution >= 4 is 20.0 Å². The monoisotopic (exact) mass is 403 g/mol. The van der Waals surface area contributed by atoms with Crippen LogP contribution < -0.4 is 4.18 Å². The van der Waals surface area contributed by atoms with Gasteiger partial charge in [-0.25, -0.2) is 8.42 Å². The molecule has 0 fully saturated rings. The smallest absolute Gasteiger partial charge is 0.339 e. The van der Waals surface area contributed by atoms with Crippen LogP contribution in [0.25, 0.3) is 0 Å². The van der Waals surface area contributed by atoms with Crippen LogP contribution in [0.15, 0.2) is 82.7 Å². The van der Waals surface area contributed by atoms with Gasteiger partial charge in [0.15, 0.2) is 9.84 Å². The quantitative estimate of drug-likeness (QED) is 0.588. The minimum absolute atomic E-state index is 0.0277. The van der Waals surface area contributed by atoms with Gasteiger partial charge < -0.3 is 4.18 Å². The molecular formula is C19H17NO5S2. The molecule has 0 amide bonds. The fraction of sp³-hybridized carbons (Fsp3) is 0.105. The average Bonchev–Trinajstić information content (AvgIpc) is 2.63. The number of sulfone groups is 1. The first-order chi connectivity index (χ1) is 12.8. The van der Waals surface area contributed by atoms with Gasteiger partial charge in [0.2, 0.25) is 0 Å². The maximum Gasteiger partial charge on any atom is 0.339 e. The van der Waals surface area contributed by atoms with Gasteiger partial charge in [-0.05, 0) is 55.5 Å². The van der Waals surface area contributed by atoms with Crippen molar-refractivity contribution in [1.82, 2.24) is 4.98 Å². The normalized spacial score (nSPS) is 11.9. The SMILES string of the molecule is Cc1ccc(S(=O)(=O)Oc2ccc(S(=O)(=O)Cc3ccccn3)cc2)cc1. The predicted molar refractivity (Wildman–Crippen MR) is 101 cm³/mol. The van der Waals surface area contributed by atoms with E-state index in [-0.39, 0.29) is 21.3 Å². The van der Waals surface area contributed by atoms with Crippen LogP contribution in [0.2, 0.25) is 0 Å². The highest BCUT2D eigenvalue weighted by Crippen LogP contribution is 2.22. The van der Waals surface area contributed by atoms with Gasteiger partial charge in [-0.1, -0.05) is 23.8 Å². The number of aryl methyl sites for hydroxylation is 1. The molecule has 8 heteroatoms. The van der Waals surface area contributed by atoms with Crippen molar-refractivity contribution in [3.63, 3.8) is 0 Å². The molecule has 3 rings (SSSR count). The summed E-state index contributed by atoms with van der Waals surface area (Å²) >= 11 is 0. The zero-order valence-electron chi connectivity index (χ0n) is 14.4. The fourth-order valence-corrected chi connectivity index (χ4v) is 4.55. The minimum Gasteiger partial charge on any atom is -0.379 e. The molecule has 0 radical (unpaired) electrons. The fourth-order valence-electron chi connectivity index (χ4n) is 2.34. The standard InChI is InChI=1S/C19H17NO5S2/c1-15-5-9-19(10-6-15)27(23,24)25-17-7-11-18(12-8-17)26(21,22)14-16-4-2-3-13-20-16/h2-13H,14H2,1H3. The van der Waals surface area contributed by atoms with Crippen LogP contribution in [0.5, 0.6) is 5.75 Å². The zero-order chi connectivity index (χ0) is 19.5. The molecule has 0 aliphatic carbocycles. The average molecular weight is 403 g/mol. The first-order valence-electron chi connectivity index (χ1n) is 8.00. The molecule has 0 bridgehead atoms. The van der Waals surface area contributed by atoms with Crippen molar-refractivity contribution in [2.24, 2.45) is 0 Å². The summed E-state index contributed by atoms with van der Waals surface area (Å²) in [6, 6.07) is 16.6. The lowest BCUT2D eigenvalue weighted by Gasteiger charge is -2.08. The molecular weight excluding hydrogens is 386 g/mol. The Bertz CT molecular complexity index is 1120. The van der Waals surface area contributed by atoms with Crippen LogP contribution in [0, 0.1) is 6.92 Å². The van der Waals surface area contributed by atoms with Gasteiger partial charge in [-0.3, -0.25) is 4.98 Å². The summed E-state index contributed by atoms with van der Waals surface area (Å²) in [6.45, 7) is 1.85. The molecule has 140 valence electrons. The van der Waals surface area contributed by atoms with Crippen LogP contribution in [-0.2, 0) is 25.7 Å². The van der Waals surface area contributed by atoms with Crippen molar-refractivity contribution in [3.8, 4) is 5.75 Å². The van der Waals surface area contributed by atoms with Crippen LogP contribution in [0.3, 0.4) is 0 Å². The van der Waals surface area contributed by atoms with Gasteiger partial charge in [0, 0.05) is 6.20 Å². The third-order valence-electron chi connectivity index (χ3n) is 3.76. The Kier molecular flexibility index (Phi) is 5.29. The lowest BCUT2D eigenvalue weighted by atomic mass is 10.2. The molecule has 0 spiro atoms. The number of pyridine rings is 1. The van der Waals surface area contributed by atoms with E-state index in [0.717, 1.165) is 5.56 Å². The Morgan fingerprint density at radius 2 is 1.44 bits per heavy atom. The summed E-state index contributed by atoms with van der Waals surface area (Å²) in [7, 11) is -7.58. The summed E-state index contributed by atoms with van der Waals surface area (Å²) in [4.78, 5) is 4.10. The highest BCUT2D eigenvalue weighted by molar-refractivity contribution is 7.90. The van der Waals surface area contributed by atoms with E-state index in [2.05, 4.69) is 4.98 Å². The first-order valence-corrected chi connectivity index (χ1v) is 11.1. The summed E-state index contributed by atoms with van der Waals surface area (Å²) in [5.74, 6) is -0.206. The molecule has 3 aromatic rings. The number of rotatable bonds is 6. The van der Waals surface area contributed by atoms with Gasteiger partial charge >= 0.3 is 10.1 Å². The molecule has 2 aromatic carbocycles. The third kappa shape index (κ3) is 4.72. The Labute approximate surface area is 158 Å². The third-order valence-corrected chi connectivity index (χ3v) is 6.69. The molecule has 0 atom stereocenters. The molecule has 1 aromatic heterocycles. The van der Waals surface area contributed by atoms with Crippen molar-refractivity contribution < 1.29 is 21.0 Å². The topological polar surface area (TPSA) is 90.4 Å². The van der Waals surface area contributed by atoms with Gasteiger partial charge in [-0.15, -0.1) is 0 Å². The number of aromatic nitrogens is 1. The van der Waals surface area contributed by atoms with Crippen LogP contribution >= 0.6 is 0 Å². The van der Waals surface area contributed by atoms with E-state index in [0.29, 0.717) is 5.69 Å². The van der Waals surface area contributed by atoms with Crippen LogP contribution in [0.1, 0.15) is 11.3 Å². The van der Waals surface area contributed by atoms with Crippen LogP contribution in [0.4, 0.5) is 0 Å². The van der Waals surface area contributed by atoms with E-state index < -0.39 is 20.0 Å². The molecule has 0 unspecified atom stereocenters. The second-order valence-electron chi connectivity index (χ2n) is 5.90. The number of hydrogen-bond acceptors (Lipinski definition) is 6. The molecule has 1 heterocycles. The van der Waals surface area contributed by atoms with Crippen molar-refractivity contribution in [1.29, 1.82) is 0 Å². The van der Waals surface area contributed by atoms with E-state index in [1.54, 1.807) is 30.3 Å². The molecule has 0 saturated heterocycles. The molecule has 6 nitrogen and oxygen atoms in total. The highest BCUT2D eigenvalue weighted by atomic mass is 32.2. The zero-order valence-corrected chi connectivity index (χ0v) is 16.1. The maximum absolute atomic E-state index is 12.5. The molecule has 0 N–H and O–H groups in total. The van der Waals surface area contributed by atoms with E-state index in [4.69, 9.17) is 4.18 Å². The Balaban J connectivity index is 1.78. The van der Waals surface area contributed by atoms with E-state index in [1.807, 2.05) is 6.92 Å². The van der Waals surface area contributed by atoms with Gasteiger partial charge in [0.25, 0.3) is 0 Å². The summed E-state index contributed by atoms with van der Waals surface area (Å²) in [5.41, 5.74) is 1.36. The Morgan fingerprint density at radius 1 is 0.815 bits per heavy atom. The van der Waals surface area contributed by atoms with Gasteiger partial charge in [0.1, 0.15) is 10.6 Å². The lowest BCUT2D eigenvalue weighted by molar-refractivity contribution is 0.486. The summed E-state index contributed by atoms with van der Waals surface area (Å²) < 4.78 is 54.6. The summed E-state index contributed by atoms with van der Waals surface area (Å²) in [5, 5.41) is 0. The second-order valence-corrected chi connectivity index (χ2v) is 9.44. The number of benzene rings is 2. The van der Waals surface area contributed by atoms with E-state index in [9.17, 15) is 16.8 Å². The molecule has 0 saturated carbocycles. The predicted octanol–water partition coefficient (Wildman–Crippen LogP) is 3.13. The summed E-state index contributed by atoms with van der Waals surface area (Å²) in [6.07, 6.45) is 1.53. The number of nitrogens with zero attached hydrogens (tertiary/aromatic N) is 1. The lowest BCUT2D eigenvalue weighted by Crippen LogP contribution is -2.10. The molecule has 0 aliphatic heterocycles. The number of hydrogen-bond donors (Lipinski definition) is 0. The van der Waals surface area contributed by atoms with Gasteiger partial charge in [0.05, 0.1) is 16.3 Å². The first kappa shape index (κ1) is 19.1. The Hall–Kier alpha value is -2.71. The highest BCUT2D eigenvalue weighted by Gasteiger charge is 2.19. The van der Waals surface area contributed by atoms with Crippen molar-refractivity contribution in [3.05, 3.63) is 84.2 Å². The minimum atomic E-state index is -3.99. The van der Waals surface area contributed by atoms with Crippen molar-refractivity contribution in [2.45, 2.75) is 22.5 Å². The van der Waals surface area contributed by atoms with Gasteiger partial charge in [-0.2, -0.15) is 8.42 Å². The maximum atomic E-state index is 12.5. The van der Waals surface area contributed by atoms with E-state index >= 15 is 0 Å².